The van der Waals surface area contributed by atoms with Gasteiger partial charge >= 0.3 is 0 Å². The Balaban J connectivity index is 1.97. The molecule has 0 fully saturated rings. The van der Waals surface area contributed by atoms with Gasteiger partial charge in [-0.1, -0.05) is 30.3 Å². The van der Waals surface area contributed by atoms with E-state index in [0.29, 0.717) is 17.7 Å². The van der Waals surface area contributed by atoms with Gasteiger partial charge in [-0.05, 0) is 0 Å². The minimum Gasteiger partial charge on any atom is -0.290 e. The van der Waals surface area contributed by atoms with Crippen molar-refractivity contribution < 1.29 is 13.7 Å². The molecule has 0 saturated heterocycles. The van der Waals surface area contributed by atoms with E-state index in [1.807, 2.05) is 0 Å². The maximum atomic E-state index is 13.9. The monoisotopic (exact) mass is 396 g/mol. The summed E-state index contributed by atoms with van der Waals surface area (Å²) in [5.41, 5.74) is 0.566. The topological polar surface area (TPSA) is 137 Å². The maximum absolute atomic E-state index is 13.9. The van der Waals surface area contributed by atoms with Crippen LogP contribution in [0.15, 0.2) is 52.4 Å². The van der Waals surface area contributed by atoms with Crippen LogP contribution in [-0.2, 0) is 0 Å². The predicted molar refractivity (Wildman–Crippen MR) is 99.2 cm³/mol. The molecule has 3 aromatic rings. The molecule has 0 aliphatic carbocycles. The number of hydrogen-bond donors (Lipinski definition) is 2. The third-order valence-corrected chi connectivity index (χ3v) is 3.71. The number of nitriles is 1. The highest BCUT2D eigenvalue weighted by atomic mass is 19.1. The number of nitrogens with zero attached hydrogens (tertiary/aromatic N) is 4. The van der Waals surface area contributed by atoms with Gasteiger partial charge in [0.05, 0.1) is 22.9 Å². The van der Waals surface area contributed by atoms with Crippen molar-refractivity contribution in [3.05, 3.63) is 85.7 Å². The van der Waals surface area contributed by atoms with Crippen LogP contribution in [0, 0.1) is 33.1 Å². The Hall–Kier alpha value is -4.46. The van der Waals surface area contributed by atoms with E-state index in [0.717, 1.165) is 6.21 Å². The smallest absolute Gasteiger partial charge is 0.284 e. The van der Waals surface area contributed by atoms with Crippen molar-refractivity contribution in [1.82, 2.24) is 9.97 Å². The number of benzene rings is 2. The third kappa shape index (κ3) is 4.11. The van der Waals surface area contributed by atoms with E-state index in [1.165, 1.54) is 0 Å². The first kappa shape index (κ1) is 19.3. The zero-order valence-corrected chi connectivity index (χ0v) is 14.4. The molecular formula is C18H10F2N6O3. The van der Waals surface area contributed by atoms with Crippen molar-refractivity contribution in [3.63, 3.8) is 0 Å². The number of nitro groups is 1. The average Bonchev–Trinajstić information content (AvgIpc) is 2.69. The lowest BCUT2D eigenvalue weighted by Gasteiger charge is -2.06. The summed E-state index contributed by atoms with van der Waals surface area (Å²) in [7, 11) is 0. The number of rotatable bonds is 5. The van der Waals surface area contributed by atoms with Crippen LogP contribution in [0.3, 0.4) is 0 Å². The SMILES string of the molecule is N#Cc1c(-c2ccccc2)nc(NN=Cc2c(F)cc(F)cc2[N+](=O)[O-])[nH]c1=O. The van der Waals surface area contributed by atoms with Crippen molar-refractivity contribution in [2.24, 2.45) is 5.10 Å². The second-order valence-electron chi connectivity index (χ2n) is 5.56. The van der Waals surface area contributed by atoms with Crippen molar-refractivity contribution in [2.75, 3.05) is 5.43 Å². The molecule has 3 rings (SSSR count). The Morgan fingerprint density at radius 1 is 1.28 bits per heavy atom. The number of nitro benzene ring substituents is 1. The van der Waals surface area contributed by atoms with Crippen molar-refractivity contribution in [3.8, 4) is 17.3 Å². The van der Waals surface area contributed by atoms with Gasteiger partial charge in [0.1, 0.15) is 28.8 Å². The molecule has 1 heterocycles. The first-order valence-electron chi connectivity index (χ1n) is 7.93. The molecule has 0 aliphatic heterocycles. The van der Waals surface area contributed by atoms with Gasteiger partial charge in [-0.2, -0.15) is 10.4 Å². The quantitative estimate of drug-likeness (QED) is 0.386. The molecule has 9 nitrogen and oxygen atoms in total. The minimum absolute atomic E-state index is 0.0912. The number of aromatic amines is 1. The molecule has 11 heteroatoms. The summed E-state index contributed by atoms with van der Waals surface area (Å²) in [6, 6.07) is 11.2. The molecule has 0 spiro atoms. The van der Waals surface area contributed by atoms with Crippen LogP contribution in [0.2, 0.25) is 0 Å². The standard InChI is InChI=1S/C18H10F2N6O3/c19-11-6-14(20)13(15(7-11)26(28)29)9-22-25-18-23-16(10-4-2-1-3-5-10)12(8-21)17(27)24-18/h1-7,9H,(H2,23,24,25,27). The van der Waals surface area contributed by atoms with Gasteiger partial charge in [0, 0.05) is 11.6 Å². The van der Waals surface area contributed by atoms with E-state index in [9.17, 15) is 29.0 Å². The van der Waals surface area contributed by atoms with Gasteiger partial charge in [-0.15, -0.1) is 0 Å². The highest BCUT2D eigenvalue weighted by Gasteiger charge is 2.19. The fourth-order valence-corrected chi connectivity index (χ4v) is 2.44. The number of H-pyrrole nitrogens is 1. The zero-order chi connectivity index (χ0) is 21.0. The third-order valence-electron chi connectivity index (χ3n) is 3.71. The number of nitrogens with one attached hydrogen (secondary N) is 2. The summed E-state index contributed by atoms with van der Waals surface area (Å²) in [5.74, 6) is -2.48. The zero-order valence-electron chi connectivity index (χ0n) is 14.4. The molecule has 0 amide bonds. The van der Waals surface area contributed by atoms with Crippen LogP contribution < -0.4 is 11.0 Å². The average molecular weight is 396 g/mol. The molecular weight excluding hydrogens is 386 g/mol. The van der Waals surface area contributed by atoms with Crippen molar-refractivity contribution in [2.45, 2.75) is 0 Å². The van der Waals surface area contributed by atoms with Gasteiger partial charge in [-0.3, -0.25) is 19.9 Å². The van der Waals surface area contributed by atoms with E-state index in [-0.39, 0.29) is 17.2 Å². The fraction of sp³-hybridized carbons (Fsp3) is 0. The van der Waals surface area contributed by atoms with Crippen LogP contribution in [0.5, 0.6) is 0 Å². The van der Waals surface area contributed by atoms with Crippen molar-refractivity contribution in [1.29, 1.82) is 5.26 Å². The van der Waals surface area contributed by atoms with Crippen LogP contribution in [-0.4, -0.2) is 21.1 Å². The van der Waals surface area contributed by atoms with E-state index in [2.05, 4.69) is 20.5 Å². The summed E-state index contributed by atoms with van der Waals surface area (Å²) in [5, 5.41) is 23.8. The van der Waals surface area contributed by atoms with E-state index >= 15 is 0 Å². The van der Waals surface area contributed by atoms with Gasteiger partial charge < -0.3 is 0 Å². The number of anilines is 1. The fourth-order valence-electron chi connectivity index (χ4n) is 2.44. The van der Waals surface area contributed by atoms with Crippen LogP contribution >= 0.6 is 0 Å². The lowest BCUT2D eigenvalue weighted by molar-refractivity contribution is -0.385. The highest BCUT2D eigenvalue weighted by Crippen LogP contribution is 2.22. The molecule has 0 radical (unpaired) electrons. The summed E-state index contributed by atoms with van der Waals surface area (Å²) in [6.45, 7) is 0. The highest BCUT2D eigenvalue weighted by molar-refractivity contribution is 5.86. The van der Waals surface area contributed by atoms with Gasteiger partial charge in [0.15, 0.2) is 0 Å². The Morgan fingerprint density at radius 3 is 2.66 bits per heavy atom. The minimum atomic E-state index is -1.19. The van der Waals surface area contributed by atoms with Crippen molar-refractivity contribution >= 4 is 17.9 Å². The molecule has 0 atom stereocenters. The lowest BCUT2D eigenvalue weighted by atomic mass is 10.1. The Morgan fingerprint density at radius 2 is 2.00 bits per heavy atom. The predicted octanol–water partition coefficient (Wildman–Crippen LogP) is 2.94. The molecule has 0 bridgehead atoms. The van der Waals surface area contributed by atoms with Gasteiger partial charge in [0.25, 0.3) is 11.2 Å². The summed E-state index contributed by atoms with van der Waals surface area (Å²) >= 11 is 0. The Bertz CT molecular complexity index is 1220. The first-order valence-corrected chi connectivity index (χ1v) is 7.93. The molecule has 0 aliphatic rings. The molecule has 1 aromatic heterocycles. The van der Waals surface area contributed by atoms with Crippen LogP contribution in [0.4, 0.5) is 20.4 Å². The molecule has 0 saturated carbocycles. The second kappa shape index (κ2) is 8.05. The molecule has 0 unspecified atom stereocenters. The lowest BCUT2D eigenvalue weighted by Crippen LogP contribution is -2.16. The first-order chi connectivity index (χ1) is 13.9. The van der Waals surface area contributed by atoms with Crippen LogP contribution in [0.1, 0.15) is 11.1 Å². The number of aromatic nitrogens is 2. The summed E-state index contributed by atoms with van der Waals surface area (Å²) in [6.07, 6.45) is 0.757. The summed E-state index contributed by atoms with van der Waals surface area (Å²) < 4.78 is 27.1. The van der Waals surface area contributed by atoms with Gasteiger partial charge in [0.2, 0.25) is 5.95 Å². The van der Waals surface area contributed by atoms with E-state index < -0.39 is 33.4 Å². The largest absolute Gasteiger partial charge is 0.290 e. The normalized spacial score (nSPS) is 10.7. The number of hydrazone groups is 1. The summed E-state index contributed by atoms with van der Waals surface area (Å²) in [4.78, 5) is 28.5. The van der Waals surface area contributed by atoms with E-state index in [1.54, 1.807) is 36.4 Å². The van der Waals surface area contributed by atoms with Crippen LogP contribution in [0.25, 0.3) is 11.3 Å². The van der Waals surface area contributed by atoms with E-state index in [4.69, 9.17) is 0 Å². The maximum Gasteiger partial charge on any atom is 0.284 e. The second-order valence-corrected chi connectivity index (χ2v) is 5.56. The van der Waals surface area contributed by atoms with Gasteiger partial charge in [-0.25, -0.2) is 19.2 Å². The Kier molecular flexibility index (Phi) is 5.36. The number of halogens is 2. The Labute approximate surface area is 161 Å². The molecule has 29 heavy (non-hydrogen) atoms. The number of hydrogen-bond acceptors (Lipinski definition) is 7. The molecule has 2 N–H and O–H groups in total. The molecule has 2 aromatic carbocycles. The molecule has 144 valence electrons.